The Bertz CT molecular complexity index is 473. The molecule has 0 radical (unpaired) electrons. The predicted molar refractivity (Wildman–Crippen MR) is 69.7 cm³/mol. The molecule has 0 saturated heterocycles. The summed E-state index contributed by atoms with van der Waals surface area (Å²) in [6, 6.07) is 15.0. The quantitative estimate of drug-likeness (QED) is 0.774. The van der Waals surface area contributed by atoms with Gasteiger partial charge in [-0.05, 0) is 36.8 Å². The Morgan fingerprint density at radius 1 is 0.941 bits per heavy atom. The van der Waals surface area contributed by atoms with Crippen molar-refractivity contribution in [3.63, 3.8) is 0 Å². The molecule has 0 unspecified atom stereocenters. The third kappa shape index (κ3) is 3.06. The van der Waals surface area contributed by atoms with E-state index in [1.54, 1.807) is 12.1 Å². The molecule has 0 aromatic heterocycles. The highest BCUT2D eigenvalue weighted by atomic mass is 19.1. The SMILES string of the molecule is Cc1ccc(CN(C)c2ccc(F)cc2)cc1. The van der Waals surface area contributed by atoms with Crippen molar-refractivity contribution in [1.29, 1.82) is 0 Å². The molecule has 0 N–H and O–H groups in total. The van der Waals surface area contributed by atoms with Crippen molar-refractivity contribution in [2.75, 3.05) is 11.9 Å². The summed E-state index contributed by atoms with van der Waals surface area (Å²) >= 11 is 0. The fourth-order valence-electron chi connectivity index (χ4n) is 1.75. The molecule has 2 aromatic rings. The second kappa shape index (κ2) is 5.00. The van der Waals surface area contributed by atoms with Gasteiger partial charge in [-0.3, -0.25) is 0 Å². The van der Waals surface area contributed by atoms with Gasteiger partial charge in [0.05, 0.1) is 0 Å². The van der Waals surface area contributed by atoms with Crippen LogP contribution in [0.3, 0.4) is 0 Å². The summed E-state index contributed by atoms with van der Waals surface area (Å²) in [5.74, 6) is -0.197. The number of rotatable bonds is 3. The summed E-state index contributed by atoms with van der Waals surface area (Å²) in [7, 11) is 2.01. The number of benzene rings is 2. The van der Waals surface area contributed by atoms with Crippen LogP contribution >= 0.6 is 0 Å². The number of anilines is 1. The van der Waals surface area contributed by atoms with E-state index in [2.05, 4.69) is 36.1 Å². The van der Waals surface area contributed by atoms with Crippen LogP contribution in [0.15, 0.2) is 48.5 Å². The first-order valence-corrected chi connectivity index (χ1v) is 5.67. The smallest absolute Gasteiger partial charge is 0.123 e. The molecule has 0 fully saturated rings. The molecular weight excluding hydrogens is 213 g/mol. The van der Waals surface area contributed by atoms with Crippen molar-refractivity contribution in [2.45, 2.75) is 13.5 Å². The van der Waals surface area contributed by atoms with E-state index in [1.165, 1.54) is 23.3 Å². The van der Waals surface area contributed by atoms with Crippen LogP contribution in [-0.2, 0) is 6.54 Å². The lowest BCUT2D eigenvalue weighted by molar-refractivity contribution is 0.627. The molecule has 0 heterocycles. The average Bonchev–Trinajstić information content (AvgIpc) is 2.33. The fourth-order valence-corrected chi connectivity index (χ4v) is 1.75. The Morgan fingerprint density at radius 2 is 1.53 bits per heavy atom. The lowest BCUT2D eigenvalue weighted by Gasteiger charge is -2.19. The van der Waals surface area contributed by atoms with Gasteiger partial charge in [0.25, 0.3) is 0 Å². The van der Waals surface area contributed by atoms with E-state index in [0.29, 0.717) is 0 Å². The van der Waals surface area contributed by atoms with Crippen molar-refractivity contribution < 1.29 is 4.39 Å². The number of nitrogens with zero attached hydrogens (tertiary/aromatic N) is 1. The minimum absolute atomic E-state index is 0.197. The highest BCUT2D eigenvalue weighted by molar-refractivity contribution is 5.46. The zero-order chi connectivity index (χ0) is 12.3. The van der Waals surface area contributed by atoms with E-state index >= 15 is 0 Å². The van der Waals surface area contributed by atoms with Crippen LogP contribution in [0, 0.1) is 12.7 Å². The summed E-state index contributed by atoms with van der Waals surface area (Å²) in [6.07, 6.45) is 0. The number of hydrogen-bond acceptors (Lipinski definition) is 1. The third-order valence-corrected chi connectivity index (χ3v) is 2.81. The maximum Gasteiger partial charge on any atom is 0.123 e. The molecule has 2 aromatic carbocycles. The molecule has 2 heteroatoms. The molecule has 17 heavy (non-hydrogen) atoms. The number of hydrogen-bond donors (Lipinski definition) is 0. The highest BCUT2D eigenvalue weighted by Gasteiger charge is 2.02. The van der Waals surface area contributed by atoms with Gasteiger partial charge in [0.15, 0.2) is 0 Å². The molecule has 0 atom stereocenters. The van der Waals surface area contributed by atoms with Gasteiger partial charge in [-0.25, -0.2) is 4.39 Å². The minimum Gasteiger partial charge on any atom is -0.370 e. The third-order valence-electron chi connectivity index (χ3n) is 2.81. The zero-order valence-corrected chi connectivity index (χ0v) is 10.2. The van der Waals surface area contributed by atoms with E-state index in [1.807, 2.05) is 7.05 Å². The first-order chi connectivity index (χ1) is 8.15. The van der Waals surface area contributed by atoms with Gasteiger partial charge in [0, 0.05) is 19.3 Å². The van der Waals surface area contributed by atoms with Gasteiger partial charge < -0.3 is 4.90 Å². The van der Waals surface area contributed by atoms with E-state index in [-0.39, 0.29) is 5.82 Å². The van der Waals surface area contributed by atoms with Gasteiger partial charge in [-0.15, -0.1) is 0 Å². The second-order valence-electron chi connectivity index (χ2n) is 4.32. The molecule has 0 aliphatic rings. The van der Waals surface area contributed by atoms with Crippen molar-refractivity contribution in [3.8, 4) is 0 Å². The molecule has 0 aliphatic heterocycles. The van der Waals surface area contributed by atoms with Gasteiger partial charge >= 0.3 is 0 Å². The molecule has 0 amide bonds. The van der Waals surface area contributed by atoms with Crippen LogP contribution < -0.4 is 4.90 Å². The number of halogens is 1. The average molecular weight is 229 g/mol. The van der Waals surface area contributed by atoms with Crippen LogP contribution in [0.1, 0.15) is 11.1 Å². The Kier molecular flexibility index (Phi) is 3.43. The van der Waals surface area contributed by atoms with Crippen molar-refractivity contribution in [2.24, 2.45) is 0 Å². The van der Waals surface area contributed by atoms with Crippen LogP contribution in [0.5, 0.6) is 0 Å². The molecule has 0 aliphatic carbocycles. The normalized spacial score (nSPS) is 10.3. The monoisotopic (exact) mass is 229 g/mol. The summed E-state index contributed by atoms with van der Waals surface area (Å²) in [4.78, 5) is 2.10. The van der Waals surface area contributed by atoms with Crippen LogP contribution in [0.2, 0.25) is 0 Å². The fraction of sp³-hybridized carbons (Fsp3) is 0.200. The minimum atomic E-state index is -0.197. The van der Waals surface area contributed by atoms with Crippen molar-refractivity contribution in [1.82, 2.24) is 0 Å². The molecule has 2 rings (SSSR count). The van der Waals surface area contributed by atoms with E-state index in [9.17, 15) is 4.39 Å². The molecule has 88 valence electrons. The lowest BCUT2D eigenvalue weighted by Crippen LogP contribution is -2.16. The Labute approximate surface area is 102 Å². The van der Waals surface area contributed by atoms with Gasteiger partial charge in [0.2, 0.25) is 0 Å². The second-order valence-corrected chi connectivity index (χ2v) is 4.32. The Morgan fingerprint density at radius 3 is 2.12 bits per heavy atom. The van der Waals surface area contributed by atoms with Crippen LogP contribution in [0.4, 0.5) is 10.1 Å². The summed E-state index contributed by atoms with van der Waals surface area (Å²) in [5, 5.41) is 0. The molecular formula is C15H16FN. The van der Waals surface area contributed by atoms with E-state index < -0.39 is 0 Å². The topological polar surface area (TPSA) is 3.24 Å². The van der Waals surface area contributed by atoms with Crippen LogP contribution in [-0.4, -0.2) is 7.05 Å². The van der Waals surface area contributed by atoms with Crippen molar-refractivity contribution in [3.05, 3.63) is 65.5 Å². The summed E-state index contributed by atoms with van der Waals surface area (Å²) in [6.45, 7) is 2.90. The first-order valence-electron chi connectivity index (χ1n) is 5.67. The van der Waals surface area contributed by atoms with Gasteiger partial charge in [-0.2, -0.15) is 0 Å². The molecule has 1 nitrogen and oxygen atoms in total. The number of aryl methyl sites for hydroxylation is 1. The van der Waals surface area contributed by atoms with E-state index in [4.69, 9.17) is 0 Å². The maximum absolute atomic E-state index is 12.8. The molecule has 0 spiro atoms. The zero-order valence-electron chi connectivity index (χ0n) is 10.2. The largest absolute Gasteiger partial charge is 0.370 e. The van der Waals surface area contributed by atoms with Crippen LogP contribution in [0.25, 0.3) is 0 Å². The Balaban J connectivity index is 2.08. The lowest BCUT2D eigenvalue weighted by atomic mass is 10.1. The van der Waals surface area contributed by atoms with E-state index in [0.717, 1.165) is 12.2 Å². The van der Waals surface area contributed by atoms with Gasteiger partial charge in [0.1, 0.15) is 5.82 Å². The first kappa shape index (κ1) is 11.6. The molecule has 0 bridgehead atoms. The standard InChI is InChI=1S/C15H16FN/c1-12-3-5-13(6-4-12)11-17(2)15-9-7-14(16)8-10-15/h3-10H,11H2,1-2H3. The van der Waals surface area contributed by atoms with Crippen molar-refractivity contribution >= 4 is 5.69 Å². The summed E-state index contributed by atoms with van der Waals surface area (Å²) in [5.41, 5.74) is 3.53. The Hall–Kier alpha value is -1.83. The van der Waals surface area contributed by atoms with Gasteiger partial charge in [-0.1, -0.05) is 29.8 Å². The summed E-state index contributed by atoms with van der Waals surface area (Å²) < 4.78 is 12.8. The molecule has 0 saturated carbocycles. The maximum atomic E-state index is 12.8. The predicted octanol–water partition coefficient (Wildman–Crippen LogP) is 3.77. The highest BCUT2D eigenvalue weighted by Crippen LogP contribution is 2.16.